The summed E-state index contributed by atoms with van der Waals surface area (Å²) in [6.45, 7) is 7.64. The van der Waals surface area contributed by atoms with Crippen molar-refractivity contribution >= 4 is 28.3 Å². The van der Waals surface area contributed by atoms with Gasteiger partial charge in [0.1, 0.15) is 11.5 Å². The van der Waals surface area contributed by atoms with E-state index in [1.54, 1.807) is 6.08 Å². The van der Waals surface area contributed by atoms with E-state index >= 15 is 0 Å². The lowest BCUT2D eigenvalue weighted by Gasteiger charge is -2.10. The summed E-state index contributed by atoms with van der Waals surface area (Å²) in [5.74, 6) is 1.46. The van der Waals surface area contributed by atoms with Gasteiger partial charge in [-0.1, -0.05) is 11.3 Å². The number of benzene rings is 2. The second-order valence-electron chi connectivity index (χ2n) is 7.08. The number of esters is 1. The van der Waals surface area contributed by atoms with E-state index in [0.29, 0.717) is 27.7 Å². The summed E-state index contributed by atoms with van der Waals surface area (Å²) < 4.78 is 12.6. The first-order valence-electron chi connectivity index (χ1n) is 9.80. The highest BCUT2D eigenvalue weighted by atomic mass is 32.1. The van der Waals surface area contributed by atoms with Crippen LogP contribution in [0.4, 0.5) is 0 Å². The van der Waals surface area contributed by atoms with E-state index in [4.69, 9.17) is 9.47 Å². The summed E-state index contributed by atoms with van der Waals surface area (Å²) in [5, 5.41) is 4.39. The fourth-order valence-corrected chi connectivity index (χ4v) is 4.25. The largest absolute Gasteiger partial charge is 0.494 e. The molecule has 4 rings (SSSR count). The molecule has 0 fully saturated rings. The molecule has 0 atom stereocenters. The standard InChI is InChI=1S/C23H21N3O4S/c1-5-29-18-8-6-17(7-9-18)21-24-23-26(25-21)22(28)19(31-23)12-16-10-13(2)20(14(3)11-16)30-15(4)27/h6-12H,5H2,1-4H3/b19-12+. The first kappa shape index (κ1) is 20.7. The molecule has 0 bridgehead atoms. The van der Waals surface area contributed by atoms with Crippen LogP contribution in [0.2, 0.25) is 0 Å². The van der Waals surface area contributed by atoms with E-state index < -0.39 is 0 Å². The van der Waals surface area contributed by atoms with Gasteiger partial charge in [-0.15, -0.1) is 5.10 Å². The van der Waals surface area contributed by atoms with Gasteiger partial charge in [0.25, 0.3) is 5.56 Å². The molecular weight excluding hydrogens is 414 g/mol. The average Bonchev–Trinajstić information content (AvgIpc) is 3.25. The number of aromatic nitrogens is 3. The first-order valence-corrected chi connectivity index (χ1v) is 10.6. The van der Waals surface area contributed by atoms with Crippen LogP contribution in [0.1, 0.15) is 30.5 Å². The smallest absolute Gasteiger partial charge is 0.308 e. The van der Waals surface area contributed by atoms with Gasteiger partial charge in [-0.05, 0) is 79.9 Å². The molecule has 0 amide bonds. The zero-order chi connectivity index (χ0) is 22.1. The fourth-order valence-electron chi connectivity index (χ4n) is 3.35. The van der Waals surface area contributed by atoms with Crippen molar-refractivity contribution < 1.29 is 14.3 Å². The molecule has 0 aliphatic heterocycles. The predicted octanol–water partition coefficient (Wildman–Crippen LogP) is 3.31. The van der Waals surface area contributed by atoms with Gasteiger partial charge in [0.15, 0.2) is 5.82 Å². The molecule has 31 heavy (non-hydrogen) atoms. The van der Waals surface area contributed by atoms with Crippen molar-refractivity contribution in [2.24, 2.45) is 0 Å². The molecule has 0 radical (unpaired) electrons. The fraction of sp³-hybridized carbons (Fsp3) is 0.217. The molecule has 0 unspecified atom stereocenters. The van der Waals surface area contributed by atoms with Gasteiger partial charge in [0.05, 0.1) is 11.1 Å². The summed E-state index contributed by atoms with van der Waals surface area (Å²) in [7, 11) is 0. The Morgan fingerprint density at radius 2 is 1.84 bits per heavy atom. The van der Waals surface area contributed by atoms with Crippen LogP contribution in [0.5, 0.6) is 11.5 Å². The van der Waals surface area contributed by atoms with Gasteiger partial charge in [0.2, 0.25) is 4.96 Å². The third kappa shape index (κ3) is 4.20. The molecule has 0 saturated heterocycles. The van der Waals surface area contributed by atoms with Gasteiger partial charge in [-0.25, -0.2) is 0 Å². The summed E-state index contributed by atoms with van der Waals surface area (Å²) in [6.07, 6.45) is 1.80. The molecule has 4 aromatic rings. The van der Waals surface area contributed by atoms with Crippen molar-refractivity contribution in [2.75, 3.05) is 6.61 Å². The molecule has 0 N–H and O–H groups in total. The predicted molar refractivity (Wildman–Crippen MR) is 120 cm³/mol. The zero-order valence-corrected chi connectivity index (χ0v) is 18.4. The lowest BCUT2D eigenvalue weighted by molar-refractivity contribution is -0.131. The number of hydrogen-bond donors (Lipinski definition) is 0. The van der Waals surface area contributed by atoms with E-state index in [2.05, 4.69) is 10.1 Å². The molecule has 158 valence electrons. The second kappa shape index (κ2) is 8.31. The number of aryl methyl sites for hydroxylation is 2. The molecule has 0 saturated carbocycles. The van der Waals surface area contributed by atoms with Crippen LogP contribution in [0.25, 0.3) is 22.4 Å². The van der Waals surface area contributed by atoms with Crippen molar-refractivity contribution in [2.45, 2.75) is 27.7 Å². The van der Waals surface area contributed by atoms with Crippen LogP contribution in [0.15, 0.2) is 41.2 Å². The Balaban J connectivity index is 1.69. The number of fused-ring (bicyclic) bond motifs is 1. The Kier molecular flexibility index (Phi) is 5.56. The van der Waals surface area contributed by atoms with E-state index in [1.807, 2.05) is 57.2 Å². The van der Waals surface area contributed by atoms with Crippen LogP contribution in [-0.4, -0.2) is 27.2 Å². The molecule has 2 aromatic heterocycles. The topological polar surface area (TPSA) is 82.8 Å². The Morgan fingerprint density at radius 3 is 2.42 bits per heavy atom. The Hall–Kier alpha value is -3.52. The monoisotopic (exact) mass is 435 g/mol. The average molecular weight is 436 g/mol. The maximum atomic E-state index is 12.8. The van der Waals surface area contributed by atoms with Crippen LogP contribution in [0.3, 0.4) is 0 Å². The quantitative estimate of drug-likeness (QED) is 0.353. The van der Waals surface area contributed by atoms with E-state index in [1.165, 1.54) is 22.8 Å². The van der Waals surface area contributed by atoms with Crippen molar-refractivity contribution in [3.8, 4) is 22.9 Å². The number of hydrogen-bond acceptors (Lipinski definition) is 7. The number of carbonyl (C=O) groups is 1. The summed E-state index contributed by atoms with van der Waals surface area (Å²) >= 11 is 1.28. The lowest BCUT2D eigenvalue weighted by Crippen LogP contribution is -2.23. The van der Waals surface area contributed by atoms with Gasteiger partial charge >= 0.3 is 5.97 Å². The van der Waals surface area contributed by atoms with Gasteiger partial charge in [-0.3, -0.25) is 9.59 Å². The van der Waals surface area contributed by atoms with E-state index in [9.17, 15) is 9.59 Å². The van der Waals surface area contributed by atoms with Crippen LogP contribution in [-0.2, 0) is 4.79 Å². The molecule has 2 aromatic carbocycles. The summed E-state index contributed by atoms with van der Waals surface area (Å²) in [4.78, 5) is 29.2. The minimum atomic E-state index is -0.362. The highest BCUT2D eigenvalue weighted by Gasteiger charge is 2.13. The molecule has 8 heteroatoms. The molecular formula is C23H21N3O4S. The Labute approximate surface area is 182 Å². The van der Waals surface area contributed by atoms with Crippen LogP contribution in [0, 0.1) is 13.8 Å². The highest BCUT2D eigenvalue weighted by molar-refractivity contribution is 7.15. The third-order valence-electron chi connectivity index (χ3n) is 4.63. The maximum Gasteiger partial charge on any atom is 0.308 e. The van der Waals surface area contributed by atoms with Crippen molar-refractivity contribution in [3.63, 3.8) is 0 Å². The van der Waals surface area contributed by atoms with E-state index in [0.717, 1.165) is 28.0 Å². The number of nitrogens with zero attached hydrogens (tertiary/aromatic N) is 3. The van der Waals surface area contributed by atoms with Crippen molar-refractivity contribution in [3.05, 3.63) is 68.0 Å². The van der Waals surface area contributed by atoms with Gasteiger partial charge in [0, 0.05) is 12.5 Å². The maximum absolute atomic E-state index is 12.8. The van der Waals surface area contributed by atoms with Gasteiger partial charge in [-0.2, -0.15) is 9.50 Å². The van der Waals surface area contributed by atoms with Crippen molar-refractivity contribution in [1.82, 2.24) is 14.6 Å². The molecule has 0 aliphatic rings. The molecule has 0 aliphatic carbocycles. The van der Waals surface area contributed by atoms with Crippen LogP contribution < -0.4 is 19.6 Å². The summed E-state index contributed by atoms with van der Waals surface area (Å²) in [6, 6.07) is 11.2. The lowest BCUT2D eigenvalue weighted by atomic mass is 10.1. The van der Waals surface area contributed by atoms with Crippen LogP contribution >= 0.6 is 11.3 Å². The molecule has 7 nitrogen and oxygen atoms in total. The van der Waals surface area contributed by atoms with Crippen molar-refractivity contribution in [1.29, 1.82) is 0 Å². The van der Waals surface area contributed by atoms with Gasteiger partial charge < -0.3 is 9.47 Å². The molecule has 0 spiro atoms. The Bertz CT molecular complexity index is 1360. The van der Waals surface area contributed by atoms with E-state index in [-0.39, 0.29) is 11.5 Å². The number of thiazole rings is 1. The number of carbonyl (C=O) groups excluding carboxylic acids is 1. The summed E-state index contributed by atoms with van der Waals surface area (Å²) in [5.41, 5.74) is 3.09. The zero-order valence-electron chi connectivity index (χ0n) is 17.6. The number of ether oxygens (including phenoxy) is 2. The Morgan fingerprint density at radius 1 is 1.16 bits per heavy atom. The molecule has 2 heterocycles. The minimum absolute atomic E-state index is 0.218. The number of rotatable bonds is 5. The minimum Gasteiger partial charge on any atom is -0.494 e. The first-order chi connectivity index (χ1) is 14.9. The normalized spacial score (nSPS) is 11.8. The second-order valence-corrected chi connectivity index (χ2v) is 8.09. The SMILES string of the molecule is CCOc1ccc(-c2nc3s/c(=C/c4cc(C)c(OC(C)=O)c(C)c4)c(=O)n3n2)cc1. The highest BCUT2D eigenvalue weighted by Crippen LogP contribution is 2.25. The third-order valence-corrected chi connectivity index (χ3v) is 5.59.